The van der Waals surface area contributed by atoms with Gasteiger partial charge in [0.05, 0.1) is 13.7 Å². The Hall–Kier alpha value is -2.04. The summed E-state index contributed by atoms with van der Waals surface area (Å²) in [5.74, 6) is 0.853. The molecule has 114 valence electrons. The second kappa shape index (κ2) is 6.61. The van der Waals surface area contributed by atoms with Gasteiger partial charge in [0.25, 0.3) is 0 Å². The van der Waals surface area contributed by atoms with Gasteiger partial charge < -0.3 is 14.1 Å². The number of amides is 1. The number of rotatable bonds is 4. The third-order valence-corrected chi connectivity index (χ3v) is 3.76. The molecule has 1 heterocycles. The fourth-order valence-electron chi connectivity index (χ4n) is 2.58. The van der Waals surface area contributed by atoms with E-state index in [1.54, 1.807) is 24.9 Å². The van der Waals surface area contributed by atoms with Crippen LogP contribution in [0.15, 0.2) is 22.6 Å². The number of nitrogens with zero attached hydrogens (tertiary/aromatic N) is 1. The number of hydrogen-bond donors (Lipinski definition) is 0. The van der Waals surface area contributed by atoms with E-state index >= 15 is 0 Å². The van der Waals surface area contributed by atoms with E-state index in [1.165, 1.54) is 7.11 Å². The maximum absolute atomic E-state index is 12.3. The van der Waals surface area contributed by atoms with Crippen LogP contribution in [0.3, 0.4) is 0 Å². The average molecular weight is 291 g/mol. The number of esters is 1. The third-order valence-electron chi connectivity index (χ3n) is 3.76. The van der Waals surface area contributed by atoms with Crippen molar-refractivity contribution in [1.29, 1.82) is 0 Å². The van der Waals surface area contributed by atoms with Crippen molar-refractivity contribution in [2.45, 2.75) is 32.7 Å². The summed E-state index contributed by atoms with van der Waals surface area (Å²) in [5.41, 5.74) is 0.411. The summed E-state index contributed by atoms with van der Waals surface area (Å²) in [7, 11) is 3.09. The van der Waals surface area contributed by atoms with Gasteiger partial charge in [-0.25, -0.2) is 4.79 Å². The quantitative estimate of drug-likeness (QED) is 0.632. The van der Waals surface area contributed by atoms with E-state index in [0.717, 1.165) is 19.3 Å². The molecule has 1 atom stereocenters. The molecule has 0 spiro atoms. The lowest BCUT2D eigenvalue weighted by atomic mass is 9.93. The van der Waals surface area contributed by atoms with Crippen LogP contribution in [0.2, 0.25) is 0 Å². The number of allylic oxidation sites excluding steroid dienone is 2. The zero-order valence-electron chi connectivity index (χ0n) is 12.7. The summed E-state index contributed by atoms with van der Waals surface area (Å²) in [4.78, 5) is 25.5. The van der Waals surface area contributed by atoms with E-state index in [-0.39, 0.29) is 11.8 Å². The van der Waals surface area contributed by atoms with E-state index in [2.05, 4.69) is 12.2 Å². The van der Waals surface area contributed by atoms with Gasteiger partial charge >= 0.3 is 5.97 Å². The Morgan fingerprint density at radius 3 is 2.81 bits per heavy atom. The van der Waals surface area contributed by atoms with Gasteiger partial charge in [-0.1, -0.05) is 12.2 Å². The number of methoxy groups -OCH3 is 1. The van der Waals surface area contributed by atoms with Crippen LogP contribution in [0, 0.1) is 12.8 Å². The molecule has 0 aliphatic heterocycles. The molecule has 1 aromatic rings. The second-order valence-corrected chi connectivity index (χ2v) is 5.35. The summed E-state index contributed by atoms with van der Waals surface area (Å²) < 4.78 is 10.2. The van der Waals surface area contributed by atoms with Crippen molar-refractivity contribution in [3.8, 4) is 0 Å². The summed E-state index contributed by atoms with van der Waals surface area (Å²) in [6.07, 6.45) is 6.82. The molecule has 1 amide bonds. The Morgan fingerprint density at radius 1 is 1.43 bits per heavy atom. The van der Waals surface area contributed by atoms with Crippen molar-refractivity contribution in [2.75, 3.05) is 14.2 Å². The highest BCUT2D eigenvalue weighted by molar-refractivity contribution is 5.90. The molecule has 0 fully saturated rings. The van der Waals surface area contributed by atoms with Crippen LogP contribution in [0.25, 0.3) is 0 Å². The molecule has 0 saturated heterocycles. The lowest BCUT2D eigenvalue weighted by Gasteiger charge is -2.23. The fraction of sp³-hybridized carbons (Fsp3) is 0.500. The molecule has 21 heavy (non-hydrogen) atoms. The van der Waals surface area contributed by atoms with Crippen molar-refractivity contribution in [2.24, 2.45) is 5.92 Å². The van der Waals surface area contributed by atoms with Crippen LogP contribution in [0.1, 0.15) is 41.1 Å². The van der Waals surface area contributed by atoms with Crippen LogP contribution in [0.5, 0.6) is 0 Å². The fourth-order valence-corrected chi connectivity index (χ4v) is 2.58. The normalized spacial score (nSPS) is 17.6. The van der Waals surface area contributed by atoms with Gasteiger partial charge in [0.1, 0.15) is 17.1 Å². The van der Waals surface area contributed by atoms with E-state index in [0.29, 0.717) is 23.6 Å². The molecule has 0 saturated carbocycles. The van der Waals surface area contributed by atoms with Gasteiger partial charge in [-0.3, -0.25) is 4.79 Å². The predicted molar refractivity (Wildman–Crippen MR) is 77.7 cm³/mol. The minimum Gasteiger partial charge on any atom is -0.465 e. The summed E-state index contributed by atoms with van der Waals surface area (Å²) in [5, 5.41) is 0. The van der Waals surface area contributed by atoms with Crippen LogP contribution in [-0.4, -0.2) is 30.9 Å². The lowest BCUT2D eigenvalue weighted by Crippen LogP contribution is -2.32. The number of carbonyl (C=O) groups is 2. The molecular weight excluding hydrogens is 270 g/mol. The number of furan rings is 1. The van der Waals surface area contributed by atoms with E-state index in [1.807, 2.05) is 0 Å². The molecule has 1 aliphatic rings. The standard InChI is InChI=1S/C16H21NO4/c1-11-14(16(19)20-3)9-13(21-11)10-17(2)15(18)12-7-5-4-6-8-12/h4-5,9,12H,6-8,10H2,1-3H3. The first kappa shape index (κ1) is 15.4. The van der Waals surface area contributed by atoms with E-state index in [4.69, 9.17) is 9.15 Å². The molecule has 0 aromatic carbocycles. The van der Waals surface area contributed by atoms with Gasteiger partial charge in [-0.15, -0.1) is 0 Å². The van der Waals surface area contributed by atoms with Gasteiger partial charge in [-0.05, 0) is 32.3 Å². The molecule has 2 rings (SSSR count). The summed E-state index contributed by atoms with van der Waals surface area (Å²) in [6.45, 7) is 2.07. The molecule has 1 aromatic heterocycles. The van der Waals surface area contributed by atoms with Gasteiger partial charge in [0.15, 0.2) is 0 Å². The number of ether oxygens (including phenoxy) is 1. The van der Waals surface area contributed by atoms with Gasteiger partial charge in [0, 0.05) is 13.0 Å². The average Bonchev–Trinajstić information content (AvgIpc) is 2.87. The molecule has 1 aliphatic carbocycles. The summed E-state index contributed by atoms with van der Waals surface area (Å²) in [6, 6.07) is 1.64. The highest BCUT2D eigenvalue weighted by Crippen LogP contribution is 2.22. The van der Waals surface area contributed by atoms with Crippen LogP contribution < -0.4 is 0 Å². The first-order valence-corrected chi connectivity index (χ1v) is 7.10. The smallest absolute Gasteiger partial charge is 0.341 e. The van der Waals surface area contributed by atoms with Crippen LogP contribution in [-0.2, 0) is 16.1 Å². The number of hydrogen-bond acceptors (Lipinski definition) is 4. The van der Waals surface area contributed by atoms with Crippen molar-refractivity contribution in [3.05, 3.63) is 35.3 Å². The Kier molecular flexibility index (Phi) is 4.83. The highest BCUT2D eigenvalue weighted by Gasteiger charge is 2.23. The number of aryl methyl sites for hydroxylation is 1. The highest BCUT2D eigenvalue weighted by atomic mass is 16.5. The molecule has 5 nitrogen and oxygen atoms in total. The first-order valence-electron chi connectivity index (χ1n) is 7.10. The zero-order chi connectivity index (χ0) is 15.4. The Balaban J connectivity index is 2.02. The van der Waals surface area contributed by atoms with Gasteiger partial charge in [0.2, 0.25) is 5.91 Å². The van der Waals surface area contributed by atoms with Crippen molar-refractivity contribution >= 4 is 11.9 Å². The largest absolute Gasteiger partial charge is 0.465 e. The molecule has 1 unspecified atom stereocenters. The Labute approximate surface area is 124 Å². The number of carbonyl (C=O) groups excluding carboxylic acids is 2. The second-order valence-electron chi connectivity index (χ2n) is 5.35. The lowest BCUT2D eigenvalue weighted by molar-refractivity contribution is -0.135. The maximum atomic E-state index is 12.3. The minimum absolute atomic E-state index is 0.0520. The molecule has 5 heteroatoms. The Morgan fingerprint density at radius 2 is 2.19 bits per heavy atom. The van der Waals surface area contributed by atoms with E-state index in [9.17, 15) is 9.59 Å². The van der Waals surface area contributed by atoms with Crippen molar-refractivity contribution in [3.63, 3.8) is 0 Å². The molecule has 0 bridgehead atoms. The maximum Gasteiger partial charge on any atom is 0.341 e. The monoisotopic (exact) mass is 291 g/mol. The third kappa shape index (κ3) is 3.54. The molecule has 0 radical (unpaired) electrons. The SMILES string of the molecule is COC(=O)c1cc(CN(C)C(=O)C2CC=CCC2)oc1C. The van der Waals surface area contributed by atoms with Gasteiger partial charge in [-0.2, -0.15) is 0 Å². The molecular formula is C16H21NO4. The summed E-state index contributed by atoms with van der Waals surface area (Å²) >= 11 is 0. The van der Waals surface area contributed by atoms with E-state index < -0.39 is 5.97 Å². The van der Waals surface area contributed by atoms with Crippen molar-refractivity contribution < 1.29 is 18.7 Å². The zero-order valence-corrected chi connectivity index (χ0v) is 12.7. The van der Waals surface area contributed by atoms with Crippen LogP contribution >= 0.6 is 0 Å². The molecule has 0 N–H and O–H groups in total. The predicted octanol–water partition coefficient (Wildman–Crippen LogP) is 2.69. The topological polar surface area (TPSA) is 59.8 Å². The van der Waals surface area contributed by atoms with Crippen LogP contribution in [0.4, 0.5) is 0 Å². The minimum atomic E-state index is -0.422. The first-order chi connectivity index (χ1) is 10.0. The van der Waals surface area contributed by atoms with Crippen molar-refractivity contribution in [1.82, 2.24) is 4.90 Å². The Bertz CT molecular complexity index is 559.